The molecule has 4 nitrogen and oxygen atoms in total. The number of hydrogen-bond acceptors (Lipinski definition) is 3. The van der Waals surface area contributed by atoms with Crippen molar-refractivity contribution in [3.05, 3.63) is 41.5 Å². The van der Waals surface area contributed by atoms with Crippen molar-refractivity contribution in [3.8, 4) is 0 Å². The van der Waals surface area contributed by atoms with E-state index in [1.54, 1.807) is 6.08 Å². The van der Waals surface area contributed by atoms with Crippen molar-refractivity contribution >= 4 is 18.0 Å². The van der Waals surface area contributed by atoms with Crippen LogP contribution in [0.3, 0.4) is 0 Å². The molecule has 0 unspecified atom stereocenters. The quantitative estimate of drug-likeness (QED) is 0.630. The number of carbonyl (C=O) groups is 2. The third kappa shape index (κ3) is 6.41. The van der Waals surface area contributed by atoms with E-state index in [9.17, 15) is 9.59 Å². The molecular weight excluding hydrogens is 242 g/mol. The minimum absolute atomic E-state index is 0.239. The summed E-state index contributed by atoms with van der Waals surface area (Å²) in [6.45, 7) is 4.31. The first-order chi connectivity index (χ1) is 9.11. The van der Waals surface area contributed by atoms with Crippen molar-refractivity contribution in [2.24, 2.45) is 0 Å². The smallest absolute Gasteiger partial charge is 0.331 e. The summed E-state index contributed by atoms with van der Waals surface area (Å²) < 4.78 is 4.81. The summed E-state index contributed by atoms with van der Waals surface area (Å²) in [4.78, 5) is 22.6. The number of nitrogens with one attached hydrogen (secondary N) is 1. The van der Waals surface area contributed by atoms with Crippen molar-refractivity contribution < 1.29 is 14.3 Å². The van der Waals surface area contributed by atoms with Gasteiger partial charge in [-0.25, -0.2) is 4.79 Å². The minimum atomic E-state index is -0.521. The Kier molecular flexibility index (Phi) is 6.36. The molecule has 1 aromatic rings. The second-order valence-corrected chi connectivity index (χ2v) is 4.20. The minimum Gasteiger partial charge on any atom is -0.452 e. The molecule has 0 bridgehead atoms. The Balaban J connectivity index is 2.34. The number of esters is 1. The lowest BCUT2D eigenvalue weighted by Gasteiger charge is -2.03. The standard InChI is InChI=1S/C15H19NO3/c1-3-10-16-14(17)11-19-15(18)9-8-13-6-4-12(2)5-7-13/h4-9H,3,10-11H2,1-2H3,(H,16,17)/b9-8+. The molecule has 1 rings (SSSR count). The molecule has 0 saturated heterocycles. The van der Waals surface area contributed by atoms with Gasteiger partial charge in [-0.05, 0) is 25.0 Å². The van der Waals surface area contributed by atoms with Crippen molar-refractivity contribution in [2.45, 2.75) is 20.3 Å². The Labute approximate surface area is 113 Å². The lowest BCUT2D eigenvalue weighted by Crippen LogP contribution is -2.28. The zero-order valence-corrected chi connectivity index (χ0v) is 11.3. The molecule has 1 aromatic carbocycles. The first-order valence-electron chi connectivity index (χ1n) is 6.30. The van der Waals surface area contributed by atoms with Crippen molar-refractivity contribution in [1.29, 1.82) is 0 Å². The van der Waals surface area contributed by atoms with Gasteiger partial charge in [-0.2, -0.15) is 0 Å². The van der Waals surface area contributed by atoms with Gasteiger partial charge in [0.2, 0.25) is 0 Å². The highest BCUT2D eigenvalue weighted by molar-refractivity contribution is 5.89. The Bertz CT molecular complexity index is 449. The number of amides is 1. The number of rotatable bonds is 6. The second-order valence-electron chi connectivity index (χ2n) is 4.20. The van der Waals surface area contributed by atoms with Gasteiger partial charge >= 0.3 is 5.97 Å². The van der Waals surface area contributed by atoms with Crippen LogP contribution < -0.4 is 5.32 Å². The van der Waals surface area contributed by atoms with Gasteiger partial charge in [-0.1, -0.05) is 36.8 Å². The molecular formula is C15H19NO3. The van der Waals surface area contributed by atoms with E-state index < -0.39 is 5.97 Å². The third-order valence-electron chi connectivity index (χ3n) is 2.41. The summed E-state index contributed by atoms with van der Waals surface area (Å²) in [7, 11) is 0. The van der Waals surface area contributed by atoms with Gasteiger partial charge < -0.3 is 10.1 Å². The van der Waals surface area contributed by atoms with Gasteiger partial charge in [0.05, 0.1) is 0 Å². The fraction of sp³-hybridized carbons (Fsp3) is 0.333. The van der Waals surface area contributed by atoms with Crippen LogP contribution in [0.1, 0.15) is 24.5 Å². The molecule has 0 aromatic heterocycles. The Hall–Kier alpha value is -2.10. The van der Waals surface area contributed by atoms with E-state index >= 15 is 0 Å². The summed E-state index contributed by atoms with van der Waals surface area (Å²) >= 11 is 0. The summed E-state index contributed by atoms with van der Waals surface area (Å²) in [5.41, 5.74) is 2.07. The highest BCUT2D eigenvalue weighted by Gasteiger charge is 2.03. The Morgan fingerprint density at radius 2 is 1.95 bits per heavy atom. The highest BCUT2D eigenvalue weighted by atomic mass is 16.5. The molecule has 0 radical (unpaired) electrons. The van der Waals surface area contributed by atoms with Gasteiger partial charge in [0, 0.05) is 12.6 Å². The fourth-order valence-electron chi connectivity index (χ4n) is 1.34. The maximum atomic E-state index is 11.4. The monoisotopic (exact) mass is 261 g/mol. The van der Waals surface area contributed by atoms with E-state index in [2.05, 4.69) is 5.32 Å². The molecule has 0 spiro atoms. The Morgan fingerprint density at radius 1 is 1.26 bits per heavy atom. The van der Waals surface area contributed by atoms with Crippen molar-refractivity contribution in [3.63, 3.8) is 0 Å². The van der Waals surface area contributed by atoms with E-state index in [1.807, 2.05) is 38.1 Å². The molecule has 0 aliphatic rings. The number of hydrogen-bond donors (Lipinski definition) is 1. The molecule has 0 aliphatic carbocycles. The lowest BCUT2D eigenvalue weighted by atomic mass is 10.1. The van der Waals surface area contributed by atoms with Crippen molar-refractivity contribution in [1.82, 2.24) is 5.32 Å². The molecule has 4 heteroatoms. The fourth-order valence-corrected chi connectivity index (χ4v) is 1.34. The maximum absolute atomic E-state index is 11.4. The van der Waals surface area contributed by atoms with Crippen LogP contribution in [-0.2, 0) is 14.3 Å². The summed E-state index contributed by atoms with van der Waals surface area (Å²) in [5, 5.41) is 2.63. The second kappa shape index (κ2) is 8.08. The summed E-state index contributed by atoms with van der Waals surface area (Å²) in [6, 6.07) is 7.74. The molecule has 0 aliphatic heterocycles. The van der Waals surface area contributed by atoms with Crippen LogP contribution in [0.2, 0.25) is 0 Å². The normalized spacial score (nSPS) is 10.4. The van der Waals surface area contributed by atoms with Gasteiger partial charge in [-0.15, -0.1) is 0 Å². The van der Waals surface area contributed by atoms with Crippen LogP contribution in [0.4, 0.5) is 0 Å². The van der Waals surface area contributed by atoms with Crippen LogP contribution >= 0.6 is 0 Å². The van der Waals surface area contributed by atoms with Gasteiger partial charge in [0.1, 0.15) is 0 Å². The van der Waals surface area contributed by atoms with Crippen molar-refractivity contribution in [2.75, 3.05) is 13.2 Å². The van der Waals surface area contributed by atoms with Crippen LogP contribution in [0.15, 0.2) is 30.3 Å². The number of aryl methyl sites for hydroxylation is 1. The molecule has 0 heterocycles. The van der Waals surface area contributed by atoms with E-state index in [0.717, 1.165) is 17.5 Å². The number of benzene rings is 1. The van der Waals surface area contributed by atoms with E-state index in [-0.39, 0.29) is 12.5 Å². The van der Waals surface area contributed by atoms with Crippen LogP contribution in [0.25, 0.3) is 6.08 Å². The zero-order valence-electron chi connectivity index (χ0n) is 11.3. The summed E-state index contributed by atoms with van der Waals surface area (Å²) in [5.74, 6) is -0.800. The lowest BCUT2D eigenvalue weighted by molar-refractivity contribution is -0.143. The first kappa shape index (κ1) is 15.0. The molecule has 1 N–H and O–H groups in total. The first-order valence-corrected chi connectivity index (χ1v) is 6.30. The predicted octanol–water partition coefficient (Wildman–Crippen LogP) is 2.08. The number of ether oxygens (including phenoxy) is 1. The molecule has 0 fully saturated rings. The predicted molar refractivity (Wildman–Crippen MR) is 74.5 cm³/mol. The molecule has 1 amide bonds. The molecule has 0 atom stereocenters. The average molecular weight is 261 g/mol. The van der Waals surface area contributed by atoms with Crippen LogP contribution in [-0.4, -0.2) is 25.0 Å². The third-order valence-corrected chi connectivity index (χ3v) is 2.41. The highest BCUT2D eigenvalue weighted by Crippen LogP contribution is 2.04. The zero-order chi connectivity index (χ0) is 14.1. The molecule has 0 saturated carbocycles. The van der Waals surface area contributed by atoms with Gasteiger partial charge in [-0.3, -0.25) is 4.79 Å². The van der Waals surface area contributed by atoms with Crippen LogP contribution in [0, 0.1) is 6.92 Å². The molecule has 19 heavy (non-hydrogen) atoms. The van der Waals surface area contributed by atoms with Gasteiger partial charge in [0.15, 0.2) is 6.61 Å². The van der Waals surface area contributed by atoms with Crippen LogP contribution in [0.5, 0.6) is 0 Å². The molecule has 102 valence electrons. The van der Waals surface area contributed by atoms with Gasteiger partial charge in [0.25, 0.3) is 5.91 Å². The summed E-state index contributed by atoms with van der Waals surface area (Å²) in [6.07, 6.45) is 3.83. The Morgan fingerprint density at radius 3 is 2.58 bits per heavy atom. The van der Waals surface area contributed by atoms with E-state index in [4.69, 9.17) is 4.74 Å². The average Bonchev–Trinajstić information content (AvgIpc) is 2.42. The number of carbonyl (C=O) groups excluding carboxylic acids is 2. The largest absolute Gasteiger partial charge is 0.452 e. The van der Waals surface area contributed by atoms with E-state index in [1.165, 1.54) is 6.08 Å². The SMILES string of the molecule is CCCNC(=O)COC(=O)/C=C/c1ccc(C)cc1. The van der Waals surface area contributed by atoms with E-state index in [0.29, 0.717) is 6.54 Å². The topological polar surface area (TPSA) is 55.4 Å². The maximum Gasteiger partial charge on any atom is 0.331 e.